The number of hydrogen-bond donors (Lipinski definition) is 2. The summed E-state index contributed by atoms with van der Waals surface area (Å²) in [5.41, 5.74) is 1.06. The molecule has 0 aliphatic carbocycles. The number of ether oxygens (including phenoxy) is 1. The van der Waals surface area contributed by atoms with Gasteiger partial charge in [0.15, 0.2) is 5.76 Å². The van der Waals surface area contributed by atoms with Gasteiger partial charge >= 0.3 is 0 Å². The minimum Gasteiger partial charge on any atom is -0.482 e. The van der Waals surface area contributed by atoms with Crippen molar-refractivity contribution in [3.05, 3.63) is 94.0 Å². The van der Waals surface area contributed by atoms with Crippen LogP contribution in [0.4, 0.5) is 0 Å². The number of benzene rings is 2. The van der Waals surface area contributed by atoms with E-state index in [2.05, 4.69) is 5.32 Å². The second-order valence-electron chi connectivity index (χ2n) is 6.12. The van der Waals surface area contributed by atoms with E-state index in [1.54, 1.807) is 0 Å². The van der Waals surface area contributed by atoms with Crippen molar-refractivity contribution in [2.75, 3.05) is 0 Å². The smallest absolute Gasteiger partial charge is 0.287 e. The van der Waals surface area contributed by atoms with E-state index in [0.717, 1.165) is 17.9 Å². The molecule has 8 nitrogen and oxygen atoms in total. The lowest BCUT2D eigenvalue weighted by Gasteiger charge is -2.07. The summed E-state index contributed by atoms with van der Waals surface area (Å²) >= 11 is 0. The molecule has 3 rings (SSSR count). The molecule has 0 aliphatic rings. The van der Waals surface area contributed by atoms with E-state index in [4.69, 9.17) is 14.3 Å². The topological polar surface area (TPSA) is 129 Å². The van der Waals surface area contributed by atoms with Gasteiger partial charge in [-0.3, -0.25) is 9.59 Å². The predicted octanol–water partition coefficient (Wildman–Crippen LogP) is 1.80. The first-order valence-corrected chi connectivity index (χ1v) is 10.1. The summed E-state index contributed by atoms with van der Waals surface area (Å²) in [6.45, 7) is 0.311. The highest BCUT2D eigenvalue weighted by Crippen LogP contribution is 2.11. The van der Waals surface area contributed by atoms with Gasteiger partial charge in [-0.15, -0.1) is 0 Å². The fraction of sp³-hybridized carbons (Fsp3) is 0.100. The van der Waals surface area contributed by atoms with Gasteiger partial charge in [-0.05, 0) is 23.3 Å². The molecule has 2 aromatic carbocycles. The highest BCUT2D eigenvalue weighted by Gasteiger charge is 2.13. The van der Waals surface area contributed by atoms with Gasteiger partial charge in [-0.25, -0.2) is 13.6 Å². The Morgan fingerprint density at radius 3 is 2.34 bits per heavy atom. The number of rotatable bonds is 7. The molecular formula is C20H18N2O6S. The van der Waals surface area contributed by atoms with Gasteiger partial charge in [0.2, 0.25) is 21.2 Å². The van der Waals surface area contributed by atoms with E-state index in [1.165, 1.54) is 24.3 Å². The Hall–Kier alpha value is -3.43. The minimum absolute atomic E-state index is 0.00369. The number of nitrogens with one attached hydrogen (secondary N) is 1. The maximum Gasteiger partial charge on any atom is 0.287 e. The number of amides is 1. The van der Waals surface area contributed by atoms with Gasteiger partial charge in [0, 0.05) is 12.6 Å². The van der Waals surface area contributed by atoms with Crippen molar-refractivity contribution in [2.24, 2.45) is 5.14 Å². The van der Waals surface area contributed by atoms with Crippen LogP contribution in [0.1, 0.15) is 21.7 Å². The lowest BCUT2D eigenvalue weighted by Crippen LogP contribution is -2.24. The molecule has 9 heteroatoms. The molecule has 150 valence electrons. The maximum atomic E-state index is 12.2. The summed E-state index contributed by atoms with van der Waals surface area (Å²) in [6.07, 6.45) is 1.10. The molecule has 0 saturated carbocycles. The van der Waals surface area contributed by atoms with Crippen LogP contribution in [0.25, 0.3) is 0 Å². The molecule has 0 radical (unpaired) electrons. The Labute approximate surface area is 167 Å². The number of nitrogens with two attached hydrogens (primary N) is 1. The molecule has 0 bridgehead atoms. The van der Waals surface area contributed by atoms with E-state index in [0.29, 0.717) is 5.56 Å². The molecule has 3 aromatic rings. The summed E-state index contributed by atoms with van der Waals surface area (Å²) < 4.78 is 33.1. The van der Waals surface area contributed by atoms with Gasteiger partial charge in [-0.2, -0.15) is 0 Å². The largest absolute Gasteiger partial charge is 0.482 e. The SMILES string of the molecule is NS(=O)(=O)c1ccc(CNC(=O)c2cc(=O)c(OCc3ccccc3)co2)cc1. The summed E-state index contributed by atoms with van der Waals surface area (Å²) in [4.78, 5) is 24.3. The van der Waals surface area contributed by atoms with Crippen LogP contribution in [0.3, 0.4) is 0 Å². The van der Waals surface area contributed by atoms with E-state index >= 15 is 0 Å². The fourth-order valence-electron chi connectivity index (χ4n) is 2.43. The number of sulfonamides is 1. The molecule has 0 fully saturated rings. The van der Waals surface area contributed by atoms with Gasteiger partial charge in [-0.1, -0.05) is 42.5 Å². The van der Waals surface area contributed by atoms with Gasteiger partial charge in [0.05, 0.1) is 4.90 Å². The monoisotopic (exact) mass is 414 g/mol. The molecule has 29 heavy (non-hydrogen) atoms. The lowest BCUT2D eigenvalue weighted by molar-refractivity contribution is 0.0919. The minimum atomic E-state index is -3.77. The number of carbonyl (C=O) groups excluding carboxylic acids is 1. The standard InChI is InChI=1S/C20H18N2O6S/c21-29(25,26)16-8-6-14(7-9-16)11-22-20(24)18-10-17(23)19(13-28-18)27-12-15-4-2-1-3-5-15/h1-10,13H,11-12H2,(H,22,24)(H2,21,25,26). The molecule has 0 unspecified atom stereocenters. The van der Waals surface area contributed by atoms with Crippen molar-refractivity contribution in [1.82, 2.24) is 5.32 Å². The molecule has 3 N–H and O–H groups in total. The lowest BCUT2D eigenvalue weighted by atomic mass is 10.2. The summed E-state index contributed by atoms with van der Waals surface area (Å²) in [5, 5.41) is 7.62. The van der Waals surface area contributed by atoms with Crippen molar-refractivity contribution in [2.45, 2.75) is 18.0 Å². The zero-order chi connectivity index (χ0) is 20.9. The van der Waals surface area contributed by atoms with Crippen molar-refractivity contribution < 1.29 is 22.4 Å². The summed E-state index contributed by atoms with van der Waals surface area (Å²) in [5.74, 6) is -0.751. The van der Waals surface area contributed by atoms with Crippen LogP contribution < -0.4 is 20.6 Å². The average Bonchev–Trinajstić information content (AvgIpc) is 2.71. The zero-order valence-electron chi connectivity index (χ0n) is 15.2. The Kier molecular flexibility index (Phi) is 6.10. The first-order chi connectivity index (χ1) is 13.8. The van der Waals surface area contributed by atoms with Crippen LogP contribution in [0.15, 0.2) is 81.0 Å². The molecule has 1 heterocycles. The normalized spacial score (nSPS) is 11.1. The van der Waals surface area contributed by atoms with Crippen molar-refractivity contribution in [3.63, 3.8) is 0 Å². The van der Waals surface area contributed by atoms with Crippen LogP contribution in [-0.4, -0.2) is 14.3 Å². The van der Waals surface area contributed by atoms with Crippen molar-refractivity contribution in [1.29, 1.82) is 0 Å². The highest BCUT2D eigenvalue weighted by atomic mass is 32.2. The van der Waals surface area contributed by atoms with E-state index in [9.17, 15) is 18.0 Å². The van der Waals surface area contributed by atoms with E-state index in [1.807, 2.05) is 30.3 Å². The maximum absolute atomic E-state index is 12.2. The summed E-state index contributed by atoms with van der Waals surface area (Å²) in [6, 6.07) is 16.1. The molecule has 0 aliphatic heterocycles. The predicted molar refractivity (Wildman–Crippen MR) is 105 cm³/mol. The molecule has 0 saturated heterocycles. The van der Waals surface area contributed by atoms with Crippen LogP contribution in [0.2, 0.25) is 0 Å². The summed E-state index contributed by atoms with van der Waals surface area (Å²) in [7, 11) is -3.77. The molecule has 1 amide bonds. The van der Waals surface area contributed by atoms with Crippen LogP contribution in [0.5, 0.6) is 5.75 Å². The average molecular weight is 414 g/mol. The van der Waals surface area contributed by atoms with Crippen molar-refractivity contribution in [3.8, 4) is 5.75 Å². The highest BCUT2D eigenvalue weighted by molar-refractivity contribution is 7.89. The van der Waals surface area contributed by atoms with E-state index in [-0.39, 0.29) is 29.6 Å². The Morgan fingerprint density at radius 2 is 1.72 bits per heavy atom. The van der Waals surface area contributed by atoms with Gasteiger partial charge < -0.3 is 14.5 Å². The van der Waals surface area contributed by atoms with Gasteiger partial charge in [0.25, 0.3) is 5.91 Å². The Bertz CT molecular complexity index is 1160. The van der Waals surface area contributed by atoms with Crippen LogP contribution in [-0.2, 0) is 23.2 Å². The quantitative estimate of drug-likeness (QED) is 0.607. The fourth-order valence-corrected chi connectivity index (χ4v) is 2.94. The third-order valence-electron chi connectivity index (χ3n) is 3.96. The molecule has 1 aromatic heterocycles. The second-order valence-corrected chi connectivity index (χ2v) is 7.68. The van der Waals surface area contributed by atoms with Crippen molar-refractivity contribution >= 4 is 15.9 Å². The first kappa shape index (κ1) is 20.3. The Morgan fingerprint density at radius 1 is 1.03 bits per heavy atom. The zero-order valence-corrected chi connectivity index (χ0v) is 16.0. The Balaban J connectivity index is 1.59. The molecule has 0 spiro atoms. The third-order valence-corrected chi connectivity index (χ3v) is 4.89. The third kappa shape index (κ3) is 5.53. The van der Waals surface area contributed by atoms with Crippen LogP contribution in [0, 0.1) is 0 Å². The first-order valence-electron chi connectivity index (χ1n) is 8.52. The molecular weight excluding hydrogens is 396 g/mol. The van der Waals surface area contributed by atoms with Gasteiger partial charge in [0.1, 0.15) is 12.9 Å². The molecule has 0 atom stereocenters. The van der Waals surface area contributed by atoms with E-state index < -0.39 is 21.4 Å². The number of primary sulfonamides is 1. The number of hydrogen-bond acceptors (Lipinski definition) is 6. The van der Waals surface area contributed by atoms with Crippen LogP contribution >= 0.6 is 0 Å². The second kappa shape index (κ2) is 8.72. The number of carbonyl (C=O) groups is 1.